The number of ether oxygens (including phenoxy) is 1. The summed E-state index contributed by atoms with van der Waals surface area (Å²) in [6, 6.07) is 0. The molecule has 0 aromatic carbocycles. The van der Waals surface area contributed by atoms with Gasteiger partial charge in [0.2, 0.25) is 0 Å². The number of rotatable bonds is 5. The zero-order valence-corrected chi connectivity index (χ0v) is 13.8. The summed E-state index contributed by atoms with van der Waals surface area (Å²) >= 11 is -1.41. The first-order chi connectivity index (χ1) is 9.78. The van der Waals surface area contributed by atoms with Crippen LogP contribution >= 0.6 is 0 Å². The third kappa shape index (κ3) is 4.12. The lowest BCUT2D eigenvalue weighted by Gasteiger charge is -2.26. The third-order valence-electron chi connectivity index (χ3n) is 3.41. The predicted octanol–water partition coefficient (Wildman–Crippen LogP) is 2.81. The maximum Gasteiger partial charge on any atom is 0.319 e. The largest absolute Gasteiger partial charge is 0.591 e. The lowest BCUT2D eigenvalue weighted by atomic mass is 9.81. The molecule has 5 heteroatoms. The minimum Gasteiger partial charge on any atom is -0.591 e. The molecule has 0 saturated heterocycles. The molecule has 0 aromatic rings. The van der Waals surface area contributed by atoms with Gasteiger partial charge >= 0.3 is 5.97 Å². The summed E-state index contributed by atoms with van der Waals surface area (Å²) in [6.07, 6.45) is 9.19. The molecule has 1 aliphatic carbocycles. The van der Waals surface area contributed by atoms with Gasteiger partial charge in [-0.3, -0.25) is 4.79 Å². The Morgan fingerprint density at radius 1 is 1.67 bits per heavy atom. The van der Waals surface area contributed by atoms with Gasteiger partial charge in [0.15, 0.2) is 0 Å². The Hall–Kier alpha value is -1.25. The number of hydrogen-bond donors (Lipinski definition) is 0. The van der Waals surface area contributed by atoms with Gasteiger partial charge in [0.25, 0.3) is 0 Å². The molecule has 1 unspecified atom stereocenters. The average Bonchev–Trinajstić information content (AvgIpc) is 2.79. The van der Waals surface area contributed by atoms with Crippen LogP contribution in [0.1, 0.15) is 46.5 Å². The lowest BCUT2D eigenvalue weighted by molar-refractivity contribution is -0.150. The number of carbonyl (C=O) groups is 1. The van der Waals surface area contributed by atoms with E-state index in [0.29, 0.717) is 18.6 Å². The fourth-order valence-electron chi connectivity index (χ4n) is 2.24. The second-order valence-corrected chi connectivity index (χ2v) is 8.01. The van der Waals surface area contributed by atoms with Crippen molar-refractivity contribution < 1.29 is 14.1 Å². The van der Waals surface area contributed by atoms with Crippen LogP contribution in [0.25, 0.3) is 0 Å². The van der Waals surface area contributed by atoms with E-state index in [1.807, 2.05) is 20.8 Å². The number of nitrogens with zero attached hydrogens (tertiary/aromatic N) is 1. The van der Waals surface area contributed by atoms with Crippen LogP contribution in [0.15, 0.2) is 17.1 Å². The molecule has 0 amide bonds. The van der Waals surface area contributed by atoms with Gasteiger partial charge in [-0.15, -0.1) is 12.3 Å². The smallest absolute Gasteiger partial charge is 0.319 e. The van der Waals surface area contributed by atoms with Gasteiger partial charge in [-0.1, -0.05) is 17.1 Å². The Morgan fingerprint density at radius 3 is 2.86 bits per heavy atom. The van der Waals surface area contributed by atoms with Gasteiger partial charge < -0.3 is 9.29 Å². The van der Waals surface area contributed by atoms with Crippen LogP contribution in [0.3, 0.4) is 0 Å². The van der Waals surface area contributed by atoms with Crippen molar-refractivity contribution in [3.8, 4) is 12.3 Å². The second-order valence-electron chi connectivity index (χ2n) is 6.10. The van der Waals surface area contributed by atoms with Crippen molar-refractivity contribution in [1.82, 2.24) is 0 Å². The molecule has 0 spiro atoms. The van der Waals surface area contributed by atoms with Gasteiger partial charge in [0.1, 0.15) is 28.1 Å². The highest BCUT2D eigenvalue weighted by Gasteiger charge is 2.49. The zero-order valence-electron chi connectivity index (χ0n) is 13.0. The van der Waals surface area contributed by atoms with E-state index >= 15 is 0 Å². The van der Waals surface area contributed by atoms with Crippen LogP contribution in [0.4, 0.5) is 0 Å². The zero-order chi connectivity index (χ0) is 16.1. The molecule has 2 atom stereocenters. The average molecular weight is 309 g/mol. The Balaban J connectivity index is 3.11. The van der Waals surface area contributed by atoms with Crippen molar-refractivity contribution in [2.24, 2.45) is 9.81 Å². The monoisotopic (exact) mass is 309 g/mol. The van der Waals surface area contributed by atoms with Crippen LogP contribution in [-0.4, -0.2) is 27.6 Å². The lowest BCUT2D eigenvalue weighted by Crippen LogP contribution is -2.38. The molecule has 116 valence electrons. The minimum atomic E-state index is -1.41. The van der Waals surface area contributed by atoms with Crippen LogP contribution in [0.5, 0.6) is 0 Å². The maximum absolute atomic E-state index is 12.4. The van der Waals surface area contributed by atoms with E-state index in [1.54, 1.807) is 0 Å². The van der Waals surface area contributed by atoms with E-state index in [-0.39, 0.29) is 19.0 Å². The molecule has 0 N–H and O–H groups in total. The topological polar surface area (TPSA) is 61.7 Å². The number of hydrogen-bond acceptors (Lipinski definition) is 4. The Labute approximate surface area is 130 Å². The van der Waals surface area contributed by atoms with Crippen molar-refractivity contribution in [3.05, 3.63) is 12.7 Å². The number of terminal acetylenes is 1. The van der Waals surface area contributed by atoms with Gasteiger partial charge in [-0.25, -0.2) is 0 Å². The molecule has 21 heavy (non-hydrogen) atoms. The minimum absolute atomic E-state index is 0.140. The van der Waals surface area contributed by atoms with Crippen molar-refractivity contribution in [3.63, 3.8) is 0 Å². The maximum atomic E-state index is 12.4. The molecular weight excluding hydrogens is 286 g/mol. The summed E-state index contributed by atoms with van der Waals surface area (Å²) in [6.45, 7) is 9.22. The molecule has 0 aliphatic heterocycles. The SMILES string of the molecule is C#CC[C@@]1(C(=O)OCC=C)CCC/C1=N\[S+]([O-])C(C)(C)C. The summed E-state index contributed by atoms with van der Waals surface area (Å²) in [5, 5.41) is 0. The first-order valence-corrected chi connectivity index (χ1v) is 8.10. The van der Waals surface area contributed by atoms with Crippen molar-refractivity contribution in [2.45, 2.75) is 51.2 Å². The van der Waals surface area contributed by atoms with Gasteiger partial charge in [0, 0.05) is 6.42 Å². The summed E-state index contributed by atoms with van der Waals surface area (Å²) in [5.41, 5.74) is -0.304. The normalized spacial score (nSPS) is 25.4. The van der Waals surface area contributed by atoms with Crippen LogP contribution in [0.2, 0.25) is 0 Å². The molecule has 0 radical (unpaired) electrons. The third-order valence-corrected chi connectivity index (χ3v) is 4.85. The van der Waals surface area contributed by atoms with Crippen LogP contribution < -0.4 is 0 Å². The van der Waals surface area contributed by atoms with E-state index in [4.69, 9.17) is 11.2 Å². The van der Waals surface area contributed by atoms with Crippen molar-refractivity contribution >= 4 is 23.0 Å². The van der Waals surface area contributed by atoms with E-state index in [9.17, 15) is 9.35 Å². The Kier molecular flexibility index (Phi) is 6.06. The summed E-state index contributed by atoms with van der Waals surface area (Å²) in [5.74, 6) is 2.16. The molecule has 1 rings (SSSR count). The summed E-state index contributed by atoms with van der Waals surface area (Å²) in [4.78, 5) is 12.4. The molecule has 1 saturated carbocycles. The first-order valence-electron chi connectivity index (χ1n) is 6.99. The molecular formula is C16H23NO3S. The van der Waals surface area contributed by atoms with Crippen molar-refractivity contribution in [1.29, 1.82) is 0 Å². The number of esters is 1. The number of carbonyl (C=O) groups excluding carboxylic acids is 1. The first kappa shape index (κ1) is 17.8. The highest BCUT2D eigenvalue weighted by Crippen LogP contribution is 2.41. The fraction of sp³-hybridized carbons (Fsp3) is 0.625. The van der Waals surface area contributed by atoms with Gasteiger partial charge in [0.05, 0.1) is 5.71 Å². The molecule has 1 fully saturated rings. The molecule has 1 aliphatic rings. The highest BCUT2D eigenvalue weighted by atomic mass is 32.2. The second kappa shape index (κ2) is 7.15. The molecule has 0 heterocycles. The van der Waals surface area contributed by atoms with E-state index < -0.39 is 21.5 Å². The fourth-order valence-corrected chi connectivity index (χ4v) is 2.98. The van der Waals surface area contributed by atoms with E-state index in [0.717, 1.165) is 6.42 Å². The summed E-state index contributed by atoms with van der Waals surface area (Å²) < 4.78 is 21.3. The van der Waals surface area contributed by atoms with Crippen LogP contribution in [0, 0.1) is 17.8 Å². The Bertz CT molecular complexity index is 473. The molecule has 0 aromatic heterocycles. The van der Waals surface area contributed by atoms with Gasteiger partial charge in [-0.05, 0) is 40.0 Å². The quantitative estimate of drug-likeness (QED) is 0.339. The van der Waals surface area contributed by atoms with Crippen LogP contribution in [-0.2, 0) is 20.9 Å². The summed E-state index contributed by atoms with van der Waals surface area (Å²) in [7, 11) is 0. The molecule has 0 bridgehead atoms. The highest BCUT2D eigenvalue weighted by molar-refractivity contribution is 7.91. The standard InChI is InChI=1S/C16H23NO3S/c1-6-10-16(14(18)20-12-7-2)11-8-9-13(16)17-21(19)15(3,4)5/h1,7H,2,8-12H2,3-5H3/b17-13+/t16-,21?/m1/s1. The Morgan fingerprint density at radius 2 is 2.33 bits per heavy atom. The van der Waals surface area contributed by atoms with E-state index in [2.05, 4.69) is 16.9 Å². The van der Waals surface area contributed by atoms with Crippen molar-refractivity contribution in [2.75, 3.05) is 6.61 Å². The predicted molar refractivity (Wildman–Crippen MR) is 86.2 cm³/mol. The van der Waals surface area contributed by atoms with Gasteiger partial charge in [-0.2, -0.15) is 0 Å². The van der Waals surface area contributed by atoms with E-state index in [1.165, 1.54) is 6.08 Å². The molecule has 4 nitrogen and oxygen atoms in total.